The number of nitriles is 1. The molecule has 1 spiro atoms. The summed E-state index contributed by atoms with van der Waals surface area (Å²) in [5.41, 5.74) is 3.61. The van der Waals surface area contributed by atoms with Crippen molar-refractivity contribution in [1.82, 2.24) is 30.0 Å². The highest BCUT2D eigenvalue weighted by Gasteiger charge is 2.40. The number of piperidine rings is 1. The Bertz CT molecular complexity index is 1740. The van der Waals surface area contributed by atoms with Gasteiger partial charge in [-0.3, -0.25) is 9.58 Å². The van der Waals surface area contributed by atoms with Gasteiger partial charge in [0.25, 0.3) is 0 Å². The smallest absolute Gasteiger partial charge is 0.323 e. The van der Waals surface area contributed by atoms with Gasteiger partial charge in [0.1, 0.15) is 17.5 Å². The molecule has 2 saturated heterocycles. The molecule has 1 saturated carbocycles. The Balaban J connectivity index is 1.04. The molecule has 1 atom stereocenters. The number of ether oxygens (including phenoxy) is 1. The Morgan fingerprint density at radius 1 is 1.06 bits per heavy atom. The molecule has 2 amide bonds. The molecule has 248 valence electrons. The highest BCUT2D eigenvalue weighted by molar-refractivity contribution is 5.91. The topological polar surface area (TPSA) is 137 Å². The van der Waals surface area contributed by atoms with Crippen LogP contribution in [0.4, 0.5) is 22.4 Å². The van der Waals surface area contributed by atoms with Crippen LogP contribution < -0.4 is 20.4 Å². The van der Waals surface area contributed by atoms with Crippen LogP contribution in [0.25, 0.3) is 11.1 Å². The second-order valence-electron chi connectivity index (χ2n) is 13.3. The van der Waals surface area contributed by atoms with Crippen molar-refractivity contribution in [1.29, 1.82) is 5.26 Å². The molecule has 3 aliphatic rings. The van der Waals surface area contributed by atoms with Crippen LogP contribution >= 0.6 is 0 Å². The number of pyridine rings is 1. The van der Waals surface area contributed by atoms with Crippen molar-refractivity contribution >= 4 is 23.6 Å². The maximum atomic E-state index is 13.8. The van der Waals surface area contributed by atoms with Crippen molar-refractivity contribution in [3.05, 3.63) is 78.4 Å². The molecule has 0 bridgehead atoms. The van der Waals surface area contributed by atoms with E-state index in [9.17, 15) is 10.1 Å². The number of aryl methyl sites for hydroxylation is 1. The van der Waals surface area contributed by atoms with Gasteiger partial charge in [0.2, 0.25) is 5.95 Å². The van der Waals surface area contributed by atoms with Gasteiger partial charge < -0.3 is 20.3 Å². The van der Waals surface area contributed by atoms with E-state index in [1.54, 1.807) is 17.1 Å². The van der Waals surface area contributed by atoms with E-state index in [0.29, 0.717) is 29.7 Å². The molecule has 2 aliphatic heterocycles. The molecular weight excluding hydrogens is 604 g/mol. The quantitative estimate of drug-likeness (QED) is 0.262. The van der Waals surface area contributed by atoms with Gasteiger partial charge in [-0.25, -0.2) is 14.8 Å². The van der Waals surface area contributed by atoms with Crippen molar-refractivity contribution in [3.8, 4) is 17.2 Å². The fourth-order valence-corrected chi connectivity index (χ4v) is 7.37. The first-order valence-corrected chi connectivity index (χ1v) is 16.9. The van der Waals surface area contributed by atoms with Gasteiger partial charge in [-0.05, 0) is 62.6 Å². The maximum absolute atomic E-state index is 13.8. The summed E-state index contributed by atoms with van der Waals surface area (Å²) in [7, 11) is 1.89. The number of hydrogen-bond acceptors (Lipinski definition) is 9. The predicted molar refractivity (Wildman–Crippen MR) is 183 cm³/mol. The highest BCUT2D eigenvalue weighted by atomic mass is 16.5. The van der Waals surface area contributed by atoms with E-state index in [4.69, 9.17) is 14.7 Å². The lowest BCUT2D eigenvalue weighted by molar-refractivity contribution is 0.139. The van der Waals surface area contributed by atoms with Gasteiger partial charge in [-0.1, -0.05) is 30.3 Å². The summed E-state index contributed by atoms with van der Waals surface area (Å²) in [5.74, 6) is 1.87. The van der Waals surface area contributed by atoms with E-state index in [0.717, 1.165) is 87.9 Å². The van der Waals surface area contributed by atoms with Crippen LogP contribution in [0.5, 0.6) is 0 Å². The first kappa shape index (κ1) is 31.6. The van der Waals surface area contributed by atoms with Crippen molar-refractivity contribution in [2.75, 3.05) is 41.4 Å². The van der Waals surface area contributed by atoms with Crippen molar-refractivity contribution in [3.63, 3.8) is 0 Å². The second-order valence-corrected chi connectivity index (χ2v) is 13.3. The number of hydrogen-bond donors (Lipinski definition) is 2. The molecule has 48 heavy (non-hydrogen) atoms. The third-order valence-corrected chi connectivity index (χ3v) is 9.97. The number of carbonyl (C=O) groups excluding carboxylic acids is 1. The van der Waals surface area contributed by atoms with Crippen LogP contribution in [-0.4, -0.2) is 69.2 Å². The monoisotopic (exact) mass is 646 g/mol. The summed E-state index contributed by atoms with van der Waals surface area (Å²) < 4.78 is 7.52. The van der Waals surface area contributed by atoms with Gasteiger partial charge in [-0.2, -0.15) is 15.3 Å². The van der Waals surface area contributed by atoms with Crippen molar-refractivity contribution < 1.29 is 9.53 Å². The largest absolute Gasteiger partial charge is 0.381 e. The SMILES string of the molecule is Cn1cc(-c2ccc(N(C(=O)NCc3ccccc3)C3CCC(Nc4ncc(C#N)c(N5CCCC6(CCOC6)C5)n4)CC3)nc2)cn1. The molecule has 7 rings (SSSR count). The maximum Gasteiger partial charge on any atom is 0.323 e. The van der Waals surface area contributed by atoms with E-state index >= 15 is 0 Å². The number of urea groups is 1. The number of carbonyl (C=O) groups is 1. The van der Waals surface area contributed by atoms with E-state index < -0.39 is 0 Å². The summed E-state index contributed by atoms with van der Waals surface area (Å²) in [6, 6.07) is 16.1. The number of aromatic nitrogens is 5. The minimum Gasteiger partial charge on any atom is -0.381 e. The molecule has 12 heteroatoms. The van der Waals surface area contributed by atoms with Gasteiger partial charge in [-0.15, -0.1) is 0 Å². The van der Waals surface area contributed by atoms with Crippen LogP contribution in [0, 0.1) is 16.7 Å². The molecule has 1 aliphatic carbocycles. The summed E-state index contributed by atoms with van der Waals surface area (Å²) >= 11 is 0. The summed E-state index contributed by atoms with van der Waals surface area (Å²) in [6.45, 7) is 3.73. The zero-order valence-electron chi connectivity index (χ0n) is 27.4. The average Bonchev–Trinajstić information content (AvgIpc) is 3.77. The summed E-state index contributed by atoms with van der Waals surface area (Å²) in [4.78, 5) is 32.0. The normalized spacial score (nSPS) is 22.3. The fourth-order valence-electron chi connectivity index (χ4n) is 7.37. The van der Waals surface area contributed by atoms with Gasteiger partial charge in [0, 0.05) is 74.3 Å². The molecule has 1 aromatic carbocycles. The number of benzene rings is 1. The standard InChI is InChI=1S/C36H42N10O2/c1-44-23-29(22-41-44)27-8-13-32(38-20-27)46(35(47)40-19-26-6-3-2-4-7-26)31-11-9-30(10-12-31)42-34-39-21-28(18-37)33(43-34)45-16-5-14-36(24-45)15-17-48-25-36/h2-4,6-8,13,20-23,30-31H,5,9-12,14-17,19,24-25H2,1H3,(H,40,47)(H,39,42,43). The first-order chi connectivity index (χ1) is 23.5. The number of rotatable bonds is 8. The fraction of sp³-hybridized carbons (Fsp3) is 0.444. The van der Waals surface area contributed by atoms with Crippen LogP contribution in [-0.2, 0) is 18.3 Å². The lowest BCUT2D eigenvalue weighted by Crippen LogP contribution is -2.49. The highest BCUT2D eigenvalue weighted by Crippen LogP contribution is 2.39. The Hall–Kier alpha value is -5.02. The number of nitrogens with one attached hydrogen (secondary N) is 2. The lowest BCUT2D eigenvalue weighted by Gasteiger charge is -2.40. The zero-order chi connectivity index (χ0) is 32.9. The summed E-state index contributed by atoms with van der Waals surface area (Å²) in [5, 5.41) is 20.8. The number of amides is 2. The Morgan fingerprint density at radius 3 is 2.62 bits per heavy atom. The lowest BCUT2D eigenvalue weighted by atomic mass is 9.79. The minimum atomic E-state index is -0.163. The molecule has 12 nitrogen and oxygen atoms in total. The van der Waals surface area contributed by atoms with Crippen LogP contribution in [0.15, 0.2) is 67.3 Å². The van der Waals surface area contributed by atoms with Gasteiger partial charge in [0.15, 0.2) is 5.82 Å². The molecule has 0 radical (unpaired) electrons. The molecule has 3 fully saturated rings. The van der Waals surface area contributed by atoms with E-state index in [1.807, 2.05) is 66.8 Å². The zero-order valence-corrected chi connectivity index (χ0v) is 27.4. The Kier molecular flexibility index (Phi) is 9.20. The average molecular weight is 647 g/mol. The molecule has 4 aromatic rings. The Morgan fingerprint density at radius 2 is 1.92 bits per heavy atom. The second kappa shape index (κ2) is 14.0. The van der Waals surface area contributed by atoms with Crippen LogP contribution in [0.1, 0.15) is 56.1 Å². The van der Waals surface area contributed by atoms with Crippen LogP contribution in [0.3, 0.4) is 0 Å². The molecule has 2 N–H and O–H groups in total. The van der Waals surface area contributed by atoms with Gasteiger partial charge >= 0.3 is 6.03 Å². The number of nitrogens with zero attached hydrogens (tertiary/aromatic N) is 8. The van der Waals surface area contributed by atoms with E-state index in [2.05, 4.69) is 31.7 Å². The number of anilines is 3. The van der Waals surface area contributed by atoms with Gasteiger partial charge in [0.05, 0.1) is 19.0 Å². The summed E-state index contributed by atoms with van der Waals surface area (Å²) in [6.07, 6.45) is 13.7. The first-order valence-electron chi connectivity index (χ1n) is 16.9. The van der Waals surface area contributed by atoms with Crippen molar-refractivity contribution in [2.45, 2.75) is 63.6 Å². The molecule has 1 unspecified atom stereocenters. The Labute approximate surface area is 281 Å². The van der Waals surface area contributed by atoms with Crippen LogP contribution in [0.2, 0.25) is 0 Å². The van der Waals surface area contributed by atoms with Crippen molar-refractivity contribution in [2.24, 2.45) is 12.5 Å². The third kappa shape index (κ3) is 6.96. The predicted octanol–water partition coefficient (Wildman–Crippen LogP) is 5.29. The van der Waals surface area contributed by atoms with E-state index in [-0.39, 0.29) is 23.5 Å². The molecular formula is C36H42N10O2. The molecule has 5 heterocycles. The van der Waals surface area contributed by atoms with E-state index in [1.165, 1.54) is 0 Å². The third-order valence-electron chi connectivity index (χ3n) is 9.97. The minimum absolute atomic E-state index is 0.0221. The molecule has 3 aromatic heterocycles.